The smallest absolute Gasteiger partial charge is 0.244 e. The molecule has 4 nitrogen and oxygen atoms in total. The molecule has 2 atom stereocenters. The number of carbonyl (C=O) groups is 1. The summed E-state index contributed by atoms with van der Waals surface area (Å²) in [5, 5.41) is 3.54. The molecule has 1 aliphatic carbocycles. The van der Waals surface area contributed by atoms with Gasteiger partial charge in [-0.15, -0.1) is 0 Å². The number of hydrogen-bond acceptors (Lipinski definition) is 3. The van der Waals surface area contributed by atoms with Gasteiger partial charge in [0.05, 0.1) is 24.4 Å². The zero-order chi connectivity index (χ0) is 12.5. The first kappa shape index (κ1) is 12.8. The lowest BCUT2D eigenvalue weighted by molar-refractivity contribution is -0.134. The Hall–Kier alpha value is -0.610. The molecule has 2 fully saturated rings. The molecule has 1 saturated heterocycles. The van der Waals surface area contributed by atoms with Crippen LogP contribution in [0, 0.1) is 0 Å². The minimum atomic E-state index is -0.193. The van der Waals surface area contributed by atoms with Gasteiger partial charge in [0.2, 0.25) is 5.91 Å². The zero-order valence-electron chi connectivity index (χ0n) is 11.2. The summed E-state index contributed by atoms with van der Waals surface area (Å²) in [5.41, 5.74) is -0.193. The maximum absolute atomic E-state index is 12.5. The van der Waals surface area contributed by atoms with Gasteiger partial charge < -0.3 is 9.64 Å². The van der Waals surface area contributed by atoms with Crippen LogP contribution in [0.4, 0.5) is 0 Å². The Morgan fingerprint density at radius 2 is 2.24 bits per heavy atom. The van der Waals surface area contributed by atoms with E-state index >= 15 is 0 Å². The normalized spacial score (nSPS) is 27.8. The highest BCUT2D eigenvalue weighted by molar-refractivity contribution is 5.92. The van der Waals surface area contributed by atoms with E-state index in [4.69, 9.17) is 4.74 Å². The molecule has 17 heavy (non-hydrogen) atoms. The number of ether oxygens (including phenoxy) is 1. The molecule has 0 radical (unpaired) electrons. The lowest BCUT2D eigenvalue weighted by atomic mass is 10.1. The molecule has 0 aromatic rings. The van der Waals surface area contributed by atoms with Crippen molar-refractivity contribution in [2.75, 3.05) is 13.7 Å². The number of rotatable bonds is 6. The molecular weight excluding hydrogens is 216 g/mol. The Morgan fingerprint density at radius 3 is 2.71 bits per heavy atom. The highest BCUT2D eigenvalue weighted by Crippen LogP contribution is 2.43. The monoisotopic (exact) mass is 240 g/mol. The third-order valence-corrected chi connectivity index (χ3v) is 3.96. The second-order valence-corrected chi connectivity index (χ2v) is 5.26. The summed E-state index contributed by atoms with van der Waals surface area (Å²) < 4.78 is 5.25. The predicted molar refractivity (Wildman–Crippen MR) is 66.6 cm³/mol. The average Bonchev–Trinajstić information content (AvgIpc) is 3.03. The minimum Gasteiger partial charge on any atom is -0.383 e. The summed E-state index contributed by atoms with van der Waals surface area (Å²) in [5.74, 6) is 0.305. The third-order valence-electron chi connectivity index (χ3n) is 3.96. The first-order valence-electron chi connectivity index (χ1n) is 6.78. The van der Waals surface area contributed by atoms with Crippen LogP contribution in [0.2, 0.25) is 0 Å². The van der Waals surface area contributed by atoms with Crippen molar-refractivity contribution < 1.29 is 9.53 Å². The second-order valence-electron chi connectivity index (χ2n) is 5.26. The SMILES string of the molecule is CCCC1NC2(CC2)C(=O)N1C(CC)COC. The molecular formula is C13H24N2O2. The maximum Gasteiger partial charge on any atom is 0.244 e. The molecule has 1 heterocycles. The van der Waals surface area contributed by atoms with Crippen molar-refractivity contribution in [2.24, 2.45) is 0 Å². The van der Waals surface area contributed by atoms with Crippen molar-refractivity contribution in [2.45, 2.75) is 63.7 Å². The summed E-state index contributed by atoms with van der Waals surface area (Å²) in [4.78, 5) is 14.5. The minimum absolute atomic E-state index is 0.193. The van der Waals surface area contributed by atoms with Crippen molar-refractivity contribution in [3.8, 4) is 0 Å². The van der Waals surface area contributed by atoms with Crippen LogP contribution >= 0.6 is 0 Å². The van der Waals surface area contributed by atoms with Gasteiger partial charge in [-0.05, 0) is 25.7 Å². The standard InChI is InChI=1S/C13H24N2O2/c1-4-6-11-14-13(7-8-13)12(16)15(11)10(5-2)9-17-3/h10-11,14H,4-9H2,1-3H3. The molecule has 4 heteroatoms. The van der Waals surface area contributed by atoms with Gasteiger partial charge >= 0.3 is 0 Å². The van der Waals surface area contributed by atoms with Crippen LogP contribution in [0.25, 0.3) is 0 Å². The van der Waals surface area contributed by atoms with E-state index in [2.05, 4.69) is 24.1 Å². The Kier molecular flexibility index (Phi) is 3.73. The van der Waals surface area contributed by atoms with E-state index < -0.39 is 0 Å². The van der Waals surface area contributed by atoms with Gasteiger partial charge in [-0.3, -0.25) is 10.1 Å². The van der Waals surface area contributed by atoms with Crippen LogP contribution in [0.1, 0.15) is 46.0 Å². The molecule has 2 rings (SSSR count). The van der Waals surface area contributed by atoms with Crippen LogP contribution in [-0.4, -0.2) is 42.3 Å². The largest absolute Gasteiger partial charge is 0.383 e. The van der Waals surface area contributed by atoms with Crippen LogP contribution in [0.3, 0.4) is 0 Å². The lowest BCUT2D eigenvalue weighted by Gasteiger charge is -2.31. The quantitative estimate of drug-likeness (QED) is 0.765. The molecule has 0 aromatic heterocycles. The number of nitrogens with zero attached hydrogens (tertiary/aromatic N) is 1. The zero-order valence-corrected chi connectivity index (χ0v) is 11.2. The molecule has 0 bridgehead atoms. The van der Waals surface area contributed by atoms with Crippen molar-refractivity contribution in [3.05, 3.63) is 0 Å². The summed E-state index contributed by atoms with van der Waals surface area (Å²) in [6.07, 6.45) is 5.32. The van der Waals surface area contributed by atoms with E-state index in [9.17, 15) is 4.79 Å². The highest BCUT2D eigenvalue weighted by Gasteiger charge is 2.59. The Balaban J connectivity index is 2.12. The van der Waals surface area contributed by atoms with E-state index in [1.807, 2.05) is 0 Å². The van der Waals surface area contributed by atoms with E-state index in [0.717, 1.165) is 32.1 Å². The molecule has 1 saturated carbocycles. The van der Waals surface area contributed by atoms with Gasteiger partial charge in [0.1, 0.15) is 0 Å². The lowest BCUT2D eigenvalue weighted by Crippen LogP contribution is -2.46. The Labute approximate surface area is 104 Å². The number of amides is 1. The van der Waals surface area contributed by atoms with Crippen LogP contribution in [0.5, 0.6) is 0 Å². The van der Waals surface area contributed by atoms with E-state index in [1.54, 1.807) is 7.11 Å². The highest BCUT2D eigenvalue weighted by atomic mass is 16.5. The molecule has 1 aliphatic heterocycles. The number of nitrogens with one attached hydrogen (secondary N) is 1. The van der Waals surface area contributed by atoms with Gasteiger partial charge in [0.25, 0.3) is 0 Å². The van der Waals surface area contributed by atoms with Crippen LogP contribution in [0.15, 0.2) is 0 Å². The topological polar surface area (TPSA) is 41.6 Å². The fraction of sp³-hybridized carbons (Fsp3) is 0.923. The van der Waals surface area contributed by atoms with Gasteiger partial charge in [-0.2, -0.15) is 0 Å². The summed E-state index contributed by atoms with van der Waals surface area (Å²) in [6.45, 7) is 4.93. The predicted octanol–water partition coefficient (Wildman–Crippen LogP) is 1.50. The summed E-state index contributed by atoms with van der Waals surface area (Å²) in [7, 11) is 1.71. The third kappa shape index (κ3) is 2.20. The van der Waals surface area contributed by atoms with Gasteiger partial charge in [-0.1, -0.05) is 20.3 Å². The fourth-order valence-corrected chi connectivity index (χ4v) is 2.81. The van der Waals surface area contributed by atoms with Gasteiger partial charge in [0, 0.05) is 7.11 Å². The molecule has 2 unspecified atom stereocenters. The molecule has 98 valence electrons. The van der Waals surface area contributed by atoms with E-state index in [1.165, 1.54) is 0 Å². The van der Waals surface area contributed by atoms with E-state index in [0.29, 0.717) is 12.5 Å². The molecule has 1 spiro atoms. The first-order chi connectivity index (χ1) is 8.18. The molecule has 1 amide bonds. The summed E-state index contributed by atoms with van der Waals surface area (Å²) >= 11 is 0. The second kappa shape index (κ2) is 4.94. The van der Waals surface area contributed by atoms with Gasteiger partial charge in [0.15, 0.2) is 0 Å². The maximum atomic E-state index is 12.5. The van der Waals surface area contributed by atoms with Crippen LogP contribution < -0.4 is 5.32 Å². The number of methoxy groups -OCH3 is 1. The van der Waals surface area contributed by atoms with Gasteiger partial charge in [-0.25, -0.2) is 0 Å². The Morgan fingerprint density at radius 1 is 1.53 bits per heavy atom. The number of hydrogen-bond donors (Lipinski definition) is 1. The van der Waals surface area contributed by atoms with E-state index in [-0.39, 0.29) is 17.7 Å². The van der Waals surface area contributed by atoms with Crippen molar-refractivity contribution in [1.29, 1.82) is 0 Å². The van der Waals surface area contributed by atoms with Crippen molar-refractivity contribution in [3.63, 3.8) is 0 Å². The average molecular weight is 240 g/mol. The fourth-order valence-electron chi connectivity index (χ4n) is 2.81. The van der Waals surface area contributed by atoms with Crippen molar-refractivity contribution in [1.82, 2.24) is 10.2 Å². The first-order valence-corrected chi connectivity index (χ1v) is 6.78. The number of carbonyl (C=O) groups excluding carboxylic acids is 1. The van der Waals surface area contributed by atoms with Crippen molar-refractivity contribution >= 4 is 5.91 Å². The molecule has 0 aromatic carbocycles. The summed E-state index contributed by atoms with van der Waals surface area (Å²) in [6, 6.07) is 0.219. The molecule has 2 aliphatic rings. The Bertz CT molecular complexity index is 289. The molecule has 1 N–H and O–H groups in total. The van der Waals surface area contributed by atoms with Crippen LogP contribution in [-0.2, 0) is 9.53 Å².